The Morgan fingerprint density at radius 3 is 2.44 bits per heavy atom. The summed E-state index contributed by atoms with van der Waals surface area (Å²) >= 11 is 17.9. The molecule has 0 unspecified atom stereocenters. The van der Waals surface area contributed by atoms with Crippen molar-refractivity contribution >= 4 is 69.6 Å². The third-order valence-corrected chi connectivity index (χ3v) is 5.91. The minimum Gasteiger partial charge on any atom is -0.350 e. The summed E-state index contributed by atoms with van der Waals surface area (Å²) in [5.41, 5.74) is 1.92. The fourth-order valence-corrected chi connectivity index (χ4v) is 3.84. The molecule has 172 valence electrons. The highest BCUT2D eigenvalue weighted by atomic mass is 35.5. The first-order valence-electron chi connectivity index (χ1n) is 9.84. The van der Waals surface area contributed by atoms with Crippen LogP contribution in [0.3, 0.4) is 0 Å². The molecule has 3 aromatic carbocycles. The van der Waals surface area contributed by atoms with Gasteiger partial charge in [-0.1, -0.05) is 46.9 Å². The van der Waals surface area contributed by atoms with E-state index in [1.165, 1.54) is 12.1 Å². The Labute approximate surface area is 208 Å². The third kappa shape index (κ3) is 4.63. The zero-order chi connectivity index (χ0) is 24.6. The van der Waals surface area contributed by atoms with E-state index < -0.39 is 23.5 Å². The number of anilines is 3. The number of imide groups is 1. The van der Waals surface area contributed by atoms with Crippen molar-refractivity contribution in [2.75, 3.05) is 15.5 Å². The second-order valence-corrected chi connectivity index (χ2v) is 8.57. The van der Waals surface area contributed by atoms with Crippen LogP contribution in [0.4, 0.5) is 21.5 Å². The maximum absolute atomic E-state index is 13.5. The third-order valence-electron chi connectivity index (χ3n) is 5.03. The van der Waals surface area contributed by atoms with Crippen LogP contribution >= 0.6 is 34.8 Å². The number of nitrogens with one attached hydrogen (secondary N) is 2. The molecule has 0 saturated heterocycles. The lowest BCUT2D eigenvalue weighted by atomic mass is 10.1. The van der Waals surface area contributed by atoms with Crippen LogP contribution in [0, 0.1) is 12.7 Å². The molecule has 0 atom stereocenters. The van der Waals surface area contributed by atoms with Crippen LogP contribution in [0.25, 0.3) is 0 Å². The first-order chi connectivity index (χ1) is 16.2. The number of rotatable bonds is 5. The fourth-order valence-electron chi connectivity index (χ4n) is 3.28. The van der Waals surface area contributed by atoms with Gasteiger partial charge < -0.3 is 10.6 Å². The first-order valence-corrected chi connectivity index (χ1v) is 11.0. The summed E-state index contributed by atoms with van der Waals surface area (Å²) in [4.78, 5) is 39.1. The van der Waals surface area contributed by atoms with Crippen molar-refractivity contribution in [3.8, 4) is 0 Å². The lowest BCUT2D eigenvalue weighted by Gasteiger charge is -2.15. The lowest BCUT2D eigenvalue weighted by molar-refractivity contribution is -0.120. The Bertz CT molecular complexity index is 1390. The van der Waals surface area contributed by atoms with Gasteiger partial charge in [0, 0.05) is 22.0 Å². The molecule has 10 heteroatoms. The van der Waals surface area contributed by atoms with Crippen molar-refractivity contribution in [3.05, 3.63) is 98.4 Å². The predicted molar refractivity (Wildman–Crippen MR) is 131 cm³/mol. The van der Waals surface area contributed by atoms with E-state index in [1.807, 2.05) is 6.92 Å². The fraction of sp³-hybridized carbons (Fsp3) is 0.0417. The van der Waals surface area contributed by atoms with Crippen LogP contribution in [-0.4, -0.2) is 17.7 Å². The molecule has 34 heavy (non-hydrogen) atoms. The number of halogens is 4. The molecule has 0 saturated carbocycles. The second-order valence-electron chi connectivity index (χ2n) is 7.35. The Morgan fingerprint density at radius 2 is 1.71 bits per heavy atom. The van der Waals surface area contributed by atoms with Gasteiger partial charge in [-0.2, -0.15) is 0 Å². The van der Waals surface area contributed by atoms with E-state index in [4.69, 9.17) is 34.8 Å². The maximum atomic E-state index is 13.5. The summed E-state index contributed by atoms with van der Waals surface area (Å²) in [7, 11) is 0. The van der Waals surface area contributed by atoms with Gasteiger partial charge in [0.25, 0.3) is 17.7 Å². The zero-order valence-electron chi connectivity index (χ0n) is 17.5. The normalized spacial score (nSPS) is 13.5. The van der Waals surface area contributed by atoms with E-state index in [2.05, 4.69) is 10.6 Å². The van der Waals surface area contributed by atoms with Gasteiger partial charge in [0.2, 0.25) is 0 Å². The summed E-state index contributed by atoms with van der Waals surface area (Å²) in [5, 5.41) is 5.48. The molecule has 0 bridgehead atoms. The predicted octanol–water partition coefficient (Wildman–Crippen LogP) is 6.13. The van der Waals surface area contributed by atoms with Crippen LogP contribution in [0.15, 0.2) is 71.4 Å². The highest BCUT2D eigenvalue weighted by molar-refractivity contribution is 6.53. The number of benzene rings is 3. The van der Waals surface area contributed by atoms with Crippen LogP contribution in [0.5, 0.6) is 0 Å². The molecule has 0 radical (unpaired) electrons. The van der Waals surface area contributed by atoms with Crippen LogP contribution in [0.1, 0.15) is 15.9 Å². The topological polar surface area (TPSA) is 78.5 Å². The van der Waals surface area contributed by atoms with E-state index in [1.54, 1.807) is 36.4 Å². The molecule has 6 nitrogen and oxygen atoms in total. The highest BCUT2D eigenvalue weighted by Crippen LogP contribution is 2.32. The molecule has 2 N–H and O–H groups in total. The van der Waals surface area contributed by atoms with E-state index in [0.29, 0.717) is 22.0 Å². The van der Waals surface area contributed by atoms with Gasteiger partial charge in [-0.3, -0.25) is 14.4 Å². The number of nitrogens with zero attached hydrogens (tertiary/aromatic N) is 1. The molecule has 1 aliphatic rings. The summed E-state index contributed by atoms with van der Waals surface area (Å²) in [6.45, 7) is 1.83. The van der Waals surface area contributed by atoms with Gasteiger partial charge in [-0.25, -0.2) is 9.29 Å². The number of aryl methyl sites for hydroxylation is 1. The minimum absolute atomic E-state index is 0.0707. The maximum Gasteiger partial charge on any atom is 0.283 e. The molecule has 3 amide bonds. The zero-order valence-corrected chi connectivity index (χ0v) is 19.7. The molecule has 0 fully saturated rings. The number of hydrogen-bond donors (Lipinski definition) is 2. The quantitative estimate of drug-likeness (QED) is 0.398. The number of carbonyl (C=O) groups is 3. The molecule has 3 aromatic rings. The second kappa shape index (κ2) is 9.46. The SMILES string of the molecule is Cc1ccc(Cl)cc1NC(=O)c1cccc(NC2=C(Cl)C(=O)N(c3ccc(F)c(Cl)c3)C2=O)c1. The number of amides is 3. The van der Waals surface area contributed by atoms with Crippen LogP contribution in [-0.2, 0) is 9.59 Å². The van der Waals surface area contributed by atoms with Crippen molar-refractivity contribution in [2.24, 2.45) is 0 Å². The van der Waals surface area contributed by atoms with Crippen LogP contribution < -0.4 is 15.5 Å². The molecule has 1 heterocycles. The highest BCUT2D eigenvalue weighted by Gasteiger charge is 2.39. The van der Waals surface area contributed by atoms with E-state index >= 15 is 0 Å². The molecule has 1 aliphatic heterocycles. The van der Waals surface area contributed by atoms with Gasteiger partial charge in [0.05, 0.1) is 10.7 Å². The first kappa shape index (κ1) is 23.8. The monoisotopic (exact) mass is 517 g/mol. The van der Waals surface area contributed by atoms with Crippen molar-refractivity contribution in [1.82, 2.24) is 0 Å². The lowest BCUT2D eigenvalue weighted by Crippen LogP contribution is -2.32. The van der Waals surface area contributed by atoms with Crippen LogP contribution in [0.2, 0.25) is 10.0 Å². The van der Waals surface area contributed by atoms with Crippen molar-refractivity contribution in [1.29, 1.82) is 0 Å². The summed E-state index contributed by atoms with van der Waals surface area (Å²) in [6, 6.07) is 14.9. The summed E-state index contributed by atoms with van der Waals surface area (Å²) in [6.07, 6.45) is 0. The van der Waals surface area contributed by atoms with E-state index in [9.17, 15) is 18.8 Å². The molecule has 4 rings (SSSR count). The average Bonchev–Trinajstić information content (AvgIpc) is 3.01. The molecule has 0 spiro atoms. The average molecular weight is 519 g/mol. The van der Waals surface area contributed by atoms with Gasteiger partial charge in [0.1, 0.15) is 16.5 Å². The minimum atomic E-state index is -0.790. The van der Waals surface area contributed by atoms with Gasteiger partial charge in [-0.15, -0.1) is 0 Å². The largest absolute Gasteiger partial charge is 0.350 e. The Morgan fingerprint density at radius 1 is 0.941 bits per heavy atom. The van der Waals surface area contributed by atoms with Gasteiger partial charge >= 0.3 is 0 Å². The molecular formula is C24H15Cl3FN3O3. The standard InChI is InChI=1S/C24H15Cl3FN3O3/c1-12-5-6-14(25)10-19(12)30-22(32)13-3-2-4-15(9-13)29-21-20(27)23(33)31(24(21)34)16-7-8-18(28)17(26)11-16/h2-11,29H,1H3,(H,30,32). The molecular weight excluding hydrogens is 504 g/mol. The smallest absolute Gasteiger partial charge is 0.283 e. The van der Waals surface area contributed by atoms with E-state index in [-0.39, 0.29) is 21.4 Å². The van der Waals surface area contributed by atoms with Crippen molar-refractivity contribution in [3.63, 3.8) is 0 Å². The summed E-state index contributed by atoms with van der Waals surface area (Å²) < 4.78 is 13.5. The van der Waals surface area contributed by atoms with Gasteiger partial charge in [-0.05, 0) is 61.0 Å². The van der Waals surface area contributed by atoms with E-state index in [0.717, 1.165) is 22.6 Å². The molecule has 0 aromatic heterocycles. The van der Waals surface area contributed by atoms with Gasteiger partial charge in [0.15, 0.2) is 0 Å². The Kier molecular flexibility index (Phi) is 6.61. The number of carbonyl (C=O) groups excluding carboxylic acids is 3. The molecule has 0 aliphatic carbocycles. The van der Waals surface area contributed by atoms with Crippen molar-refractivity contribution in [2.45, 2.75) is 6.92 Å². The Balaban J connectivity index is 1.56. The number of hydrogen-bond acceptors (Lipinski definition) is 4. The Hall–Kier alpha value is -3.39. The summed E-state index contributed by atoms with van der Waals surface area (Å²) in [5.74, 6) is -2.63. The van der Waals surface area contributed by atoms with Crippen molar-refractivity contribution < 1.29 is 18.8 Å².